The van der Waals surface area contributed by atoms with Gasteiger partial charge in [-0.15, -0.1) is 0 Å². The van der Waals surface area contributed by atoms with E-state index in [0.29, 0.717) is 0 Å². The monoisotopic (exact) mass is 254 g/mol. The first kappa shape index (κ1) is 15.5. The maximum atomic E-state index is 10.2. The van der Waals surface area contributed by atoms with Crippen LogP contribution in [-0.2, 0) is 4.79 Å². The van der Waals surface area contributed by atoms with Gasteiger partial charge in [-0.3, -0.25) is 4.79 Å². The minimum Gasteiger partial charge on any atom is -0.343 e. The Morgan fingerprint density at radius 1 is 1.06 bits per heavy atom. The molecule has 0 atom stereocenters. The van der Waals surface area contributed by atoms with Crippen LogP contribution in [0.3, 0.4) is 0 Å². The smallest absolute Gasteiger partial charge is 0.209 e. The number of likely N-dealkylation sites (N-methyl/N-ethyl adjacent to an activating group) is 1. The molecular formula is C15H30N2O. The van der Waals surface area contributed by atoms with Crippen molar-refractivity contribution in [2.75, 3.05) is 33.2 Å². The second-order valence-electron chi connectivity index (χ2n) is 5.98. The fraction of sp³-hybridized carbons (Fsp3) is 0.933. The summed E-state index contributed by atoms with van der Waals surface area (Å²) in [6.07, 6.45) is 8.30. The molecule has 1 heterocycles. The van der Waals surface area contributed by atoms with Crippen LogP contribution in [0.25, 0.3) is 0 Å². The molecule has 1 aliphatic heterocycles. The highest BCUT2D eigenvalue weighted by Crippen LogP contribution is 2.29. The fourth-order valence-electron chi connectivity index (χ4n) is 2.66. The van der Waals surface area contributed by atoms with Crippen molar-refractivity contribution in [2.24, 2.45) is 11.8 Å². The van der Waals surface area contributed by atoms with Crippen molar-refractivity contribution in [3.05, 3.63) is 0 Å². The molecule has 0 aromatic heterocycles. The summed E-state index contributed by atoms with van der Waals surface area (Å²) in [5, 5.41) is 0. The third-order valence-corrected chi connectivity index (χ3v) is 4.40. The second-order valence-corrected chi connectivity index (χ2v) is 5.98. The van der Waals surface area contributed by atoms with Gasteiger partial charge in [-0.2, -0.15) is 0 Å². The Labute approximate surface area is 113 Å². The predicted octanol–water partition coefficient (Wildman–Crippen LogP) is 2.61. The Morgan fingerprint density at radius 3 is 2.06 bits per heavy atom. The Morgan fingerprint density at radius 2 is 1.61 bits per heavy atom. The number of carbonyl (C=O) groups excluding carboxylic acids is 1. The molecule has 1 aliphatic carbocycles. The van der Waals surface area contributed by atoms with Crippen LogP contribution in [0, 0.1) is 11.8 Å². The van der Waals surface area contributed by atoms with E-state index in [2.05, 4.69) is 25.8 Å². The first-order valence-electron chi connectivity index (χ1n) is 7.53. The molecule has 0 radical (unpaired) electrons. The number of piperazine rings is 1. The summed E-state index contributed by atoms with van der Waals surface area (Å²) >= 11 is 0. The molecule has 1 amide bonds. The zero-order chi connectivity index (χ0) is 13.4. The average Bonchev–Trinajstić information content (AvgIpc) is 2.41. The lowest BCUT2D eigenvalue weighted by atomic mass is 9.82. The second kappa shape index (κ2) is 8.52. The quantitative estimate of drug-likeness (QED) is 0.707. The molecule has 0 unspecified atom stereocenters. The summed E-state index contributed by atoms with van der Waals surface area (Å²) in [7, 11) is 2.07. The Balaban J connectivity index is 0.000000180. The number of hydrogen-bond acceptors (Lipinski definition) is 2. The first-order valence-corrected chi connectivity index (χ1v) is 7.53. The van der Waals surface area contributed by atoms with E-state index in [0.717, 1.165) is 44.4 Å². The van der Waals surface area contributed by atoms with Gasteiger partial charge < -0.3 is 9.80 Å². The minimum absolute atomic E-state index is 0.889. The van der Waals surface area contributed by atoms with Crippen molar-refractivity contribution >= 4 is 6.41 Å². The average molecular weight is 254 g/mol. The highest BCUT2D eigenvalue weighted by molar-refractivity contribution is 5.47. The zero-order valence-electron chi connectivity index (χ0n) is 12.4. The number of hydrogen-bond donors (Lipinski definition) is 0. The van der Waals surface area contributed by atoms with E-state index in [-0.39, 0.29) is 0 Å². The van der Waals surface area contributed by atoms with Gasteiger partial charge in [0.05, 0.1) is 0 Å². The van der Waals surface area contributed by atoms with E-state index in [1.54, 1.807) is 4.90 Å². The predicted molar refractivity (Wildman–Crippen MR) is 76.5 cm³/mol. The standard InChI is InChI=1S/C9H18.C6H12N2O/c1-3-9-6-4-8(2)5-7-9;1-7-2-4-8(6-9)5-3-7/h8-9H,3-7H2,1-2H3;6H,2-5H2,1H3. The molecule has 2 aliphatic rings. The first-order chi connectivity index (χ1) is 8.65. The summed E-state index contributed by atoms with van der Waals surface area (Å²) in [6.45, 7) is 8.50. The molecule has 2 rings (SSSR count). The van der Waals surface area contributed by atoms with Crippen molar-refractivity contribution in [3.8, 4) is 0 Å². The van der Waals surface area contributed by atoms with Crippen molar-refractivity contribution < 1.29 is 4.79 Å². The molecule has 1 saturated heterocycles. The lowest BCUT2D eigenvalue weighted by Gasteiger charge is -2.29. The Hall–Kier alpha value is -0.570. The van der Waals surface area contributed by atoms with Crippen LogP contribution < -0.4 is 0 Å². The summed E-state index contributed by atoms with van der Waals surface area (Å²) in [4.78, 5) is 14.2. The largest absolute Gasteiger partial charge is 0.343 e. The zero-order valence-corrected chi connectivity index (χ0v) is 12.4. The van der Waals surface area contributed by atoms with Crippen LogP contribution in [0.2, 0.25) is 0 Å². The van der Waals surface area contributed by atoms with Crippen LogP contribution in [0.4, 0.5) is 0 Å². The Bertz CT molecular complexity index is 217. The molecule has 3 heteroatoms. The topological polar surface area (TPSA) is 23.6 Å². The maximum absolute atomic E-state index is 10.2. The van der Waals surface area contributed by atoms with Crippen LogP contribution in [0.15, 0.2) is 0 Å². The van der Waals surface area contributed by atoms with E-state index < -0.39 is 0 Å². The third-order valence-electron chi connectivity index (χ3n) is 4.40. The van der Waals surface area contributed by atoms with Gasteiger partial charge >= 0.3 is 0 Å². The molecule has 3 nitrogen and oxygen atoms in total. The van der Waals surface area contributed by atoms with Crippen LogP contribution in [0.1, 0.15) is 46.0 Å². The van der Waals surface area contributed by atoms with Crippen LogP contribution in [-0.4, -0.2) is 49.4 Å². The molecule has 0 spiro atoms. The molecule has 2 fully saturated rings. The molecule has 0 N–H and O–H groups in total. The molecule has 0 aromatic rings. The van der Waals surface area contributed by atoms with E-state index in [1.165, 1.54) is 32.1 Å². The van der Waals surface area contributed by atoms with E-state index >= 15 is 0 Å². The summed E-state index contributed by atoms with van der Waals surface area (Å²) in [5.74, 6) is 2.09. The van der Waals surface area contributed by atoms with Crippen molar-refractivity contribution in [1.82, 2.24) is 9.80 Å². The SMILES string of the molecule is CCC1CCC(C)CC1.CN1CCN(C=O)CC1. The van der Waals surface area contributed by atoms with Gasteiger partial charge in [0.25, 0.3) is 0 Å². The normalized spacial score (nSPS) is 29.4. The Kier molecular flexibility index (Phi) is 7.33. The van der Waals surface area contributed by atoms with Gasteiger partial charge in [0.15, 0.2) is 0 Å². The number of amides is 1. The van der Waals surface area contributed by atoms with Crippen molar-refractivity contribution in [3.63, 3.8) is 0 Å². The number of nitrogens with zero attached hydrogens (tertiary/aromatic N) is 2. The van der Waals surface area contributed by atoms with Crippen molar-refractivity contribution in [2.45, 2.75) is 46.0 Å². The highest BCUT2D eigenvalue weighted by Gasteiger charge is 2.15. The number of carbonyl (C=O) groups is 1. The lowest BCUT2D eigenvalue weighted by molar-refractivity contribution is -0.119. The molecule has 0 bridgehead atoms. The van der Waals surface area contributed by atoms with Crippen molar-refractivity contribution in [1.29, 1.82) is 0 Å². The van der Waals surface area contributed by atoms with Gasteiger partial charge in [-0.1, -0.05) is 46.0 Å². The van der Waals surface area contributed by atoms with Gasteiger partial charge in [0, 0.05) is 26.2 Å². The summed E-state index contributed by atoms with van der Waals surface area (Å²) in [6, 6.07) is 0. The maximum Gasteiger partial charge on any atom is 0.209 e. The van der Waals surface area contributed by atoms with E-state index in [4.69, 9.17) is 0 Å². The minimum atomic E-state index is 0.889. The fourth-order valence-corrected chi connectivity index (χ4v) is 2.66. The van der Waals surface area contributed by atoms with Gasteiger partial charge in [-0.05, 0) is 18.9 Å². The van der Waals surface area contributed by atoms with Gasteiger partial charge in [0.1, 0.15) is 0 Å². The molecular weight excluding hydrogens is 224 g/mol. The number of rotatable bonds is 2. The van der Waals surface area contributed by atoms with Crippen LogP contribution in [0.5, 0.6) is 0 Å². The molecule has 1 saturated carbocycles. The summed E-state index contributed by atoms with van der Waals surface area (Å²) in [5.41, 5.74) is 0. The highest BCUT2D eigenvalue weighted by atomic mass is 16.1. The summed E-state index contributed by atoms with van der Waals surface area (Å²) < 4.78 is 0. The van der Waals surface area contributed by atoms with Gasteiger partial charge in [0.2, 0.25) is 6.41 Å². The van der Waals surface area contributed by atoms with Gasteiger partial charge in [-0.25, -0.2) is 0 Å². The van der Waals surface area contributed by atoms with E-state index in [1.807, 2.05) is 0 Å². The van der Waals surface area contributed by atoms with E-state index in [9.17, 15) is 4.79 Å². The third kappa shape index (κ3) is 5.85. The molecule has 0 aromatic carbocycles. The van der Waals surface area contributed by atoms with Crippen LogP contribution >= 0.6 is 0 Å². The lowest BCUT2D eigenvalue weighted by Crippen LogP contribution is -2.43. The molecule has 106 valence electrons. The molecule has 18 heavy (non-hydrogen) atoms.